The molecule has 18 heavy (non-hydrogen) atoms. The van der Waals surface area contributed by atoms with Crippen LogP contribution in [0.2, 0.25) is 0 Å². The lowest BCUT2D eigenvalue weighted by molar-refractivity contribution is 0.405. The Bertz CT molecular complexity index is 474. The van der Waals surface area contributed by atoms with E-state index in [-0.39, 0.29) is 5.69 Å². The summed E-state index contributed by atoms with van der Waals surface area (Å²) in [5, 5.41) is 8.71. The second-order valence-electron chi connectivity index (χ2n) is 5.54. The molecule has 1 aromatic heterocycles. The Morgan fingerprint density at radius 3 is 2.78 bits per heavy atom. The van der Waals surface area contributed by atoms with Gasteiger partial charge in [-0.25, -0.2) is 9.89 Å². The fourth-order valence-corrected chi connectivity index (χ4v) is 5.03. The summed E-state index contributed by atoms with van der Waals surface area (Å²) in [5.74, 6) is 1.06. The SMILES string of the molecule is O=c1[nH]nc(SCC2(CBr)CCCC2)n1C1CC1. The van der Waals surface area contributed by atoms with E-state index in [4.69, 9.17) is 0 Å². The second kappa shape index (κ2) is 5.04. The molecule has 3 rings (SSSR count). The van der Waals surface area contributed by atoms with Crippen molar-refractivity contribution in [3.63, 3.8) is 0 Å². The Morgan fingerprint density at radius 1 is 1.44 bits per heavy atom. The lowest BCUT2D eigenvalue weighted by Crippen LogP contribution is -2.22. The van der Waals surface area contributed by atoms with Crippen LogP contribution in [0.5, 0.6) is 0 Å². The highest BCUT2D eigenvalue weighted by atomic mass is 79.9. The number of hydrogen-bond acceptors (Lipinski definition) is 3. The van der Waals surface area contributed by atoms with E-state index < -0.39 is 0 Å². The van der Waals surface area contributed by atoms with Crippen LogP contribution in [0.15, 0.2) is 9.95 Å². The Labute approximate surface area is 119 Å². The van der Waals surface area contributed by atoms with Crippen molar-refractivity contribution in [3.8, 4) is 0 Å². The summed E-state index contributed by atoms with van der Waals surface area (Å²) in [5.41, 5.74) is 0.368. The highest BCUT2D eigenvalue weighted by molar-refractivity contribution is 9.09. The zero-order chi connectivity index (χ0) is 12.6. The van der Waals surface area contributed by atoms with E-state index in [0.29, 0.717) is 11.5 Å². The lowest BCUT2D eigenvalue weighted by atomic mass is 9.92. The van der Waals surface area contributed by atoms with Crippen molar-refractivity contribution in [1.29, 1.82) is 0 Å². The highest BCUT2D eigenvalue weighted by Crippen LogP contribution is 2.44. The molecule has 6 heteroatoms. The van der Waals surface area contributed by atoms with Crippen LogP contribution in [0.1, 0.15) is 44.6 Å². The maximum Gasteiger partial charge on any atom is 0.344 e. The maximum atomic E-state index is 11.7. The van der Waals surface area contributed by atoms with E-state index >= 15 is 0 Å². The molecular formula is C12H18BrN3OS. The van der Waals surface area contributed by atoms with Gasteiger partial charge in [0, 0.05) is 17.1 Å². The first-order chi connectivity index (χ1) is 8.74. The highest BCUT2D eigenvalue weighted by Gasteiger charge is 2.34. The smallest absolute Gasteiger partial charge is 0.267 e. The molecule has 0 aromatic carbocycles. The molecule has 0 amide bonds. The van der Waals surface area contributed by atoms with Crippen molar-refractivity contribution < 1.29 is 0 Å². The van der Waals surface area contributed by atoms with Crippen molar-refractivity contribution in [2.45, 2.75) is 49.7 Å². The number of H-pyrrole nitrogens is 1. The van der Waals surface area contributed by atoms with E-state index in [0.717, 1.165) is 29.1 Å². The van der Waals surface area contributed by atoms with E-state index in [2.05, 4.69) is 26.1 Å². The van der Waals surface area contributed by atoms with Gasteiger partial charge in [0.05, 0.1) is 0 Å². The van der Waals surface area contributed by atoms with Gasteiger partial charge in [0.15, 0.2) is 5.16 Å². The van der Waals surface area contributed by atoms with Gasteiger partial charge < -0.3 is 0 Å². The minimum atomic E-state index is -0.0423. The number of nitrogens with one attached hydrogen (secondary N) is 1. The molecule has 0 unspecified atom stereocenters. The topological polar surface area (TPSA) is 50.7 Å². The van der Waals surface area contributed by atoms with Crippen molar-refractivity contribution in [2.24, 2.45) is 5.41 Å². The van der Waals surface area contributed by atoms with Crippen LogP contribution < -0.4 is 5.69 Å². The number of hydrogen-bond donors (Lipinski definition) is 1. The summed E-state index contributed by atoms with van der Waals surface area (Å²) in [7, 11) is 0. The van der Waals surface area contributed by atoms with Crippen molar-refractivity contribution in [2.75, 3.05) is 11.1 Å². The number of halogens is 1. The summed E-state index contributed by atoms with van der Waals surface area (Å²) in [6.45, 7) is 0. The number of rotatable bonds is 5. The van der Waals surface area contributed by atoms with Gasteiger partial charge in [-0.1, -0.05) is 40.5 Å². The summed E-state index contributed by atoms with van der Waals surface area (Å²) >= 11 is 5.41. The minimum Gasteiger partial charge on any atom is -0.267 e. The molecule has 2 aliphatic carbocycles. The molecule has 0 aliphatic heterocycles. The second-order valence-corrected chi connectivity index (χ2v) is 7.05. The van der Waals surface area contributed by atoms with Gasteiger partial charge in [-0.05, 0) is 31.1 Å². The third-order valence-corrected chi connectivity index (χ3v) is 6.53. The van der Waals surface area contributed by atoms with Gasteiger partial charge >= 0.3 is 5.69 Å². The van der Waals surface area contributed by atoms with Crippen molar-refractivity contribution in [3.05, 3.63) is 10.5 Å². The zero-order valence-corrected chi connectivity index (χ0v) is 12.7. The van der Waals surface area contributed by atoms with Crippen LogP contribution in [0.4, 0.5) is 0 Å². The Kier molecular flexibility index (Phi) is 3.58. The van der Waals surface area contributed by atoms with Crippen LogP contribution in [-0.4, -0.2) is 25.8 Å². The molecule has 1 aromatic rings. The summed E-state index contributed by atoms with van der Waals surface area (Å²) < 4.78 is 1.85. The van der Waals surface area contributed by atoms with E-state index in [1.165, 1.54) is 25.7 Å². The monoisotopic (exact) mass is 331 g/mol. The van der Waals surface area contributed by atoms with E-state index in [1.807, 2.05) is 4.57 Å². The largest absolute Gasteiger partial charge is 0.344 e. The summed E-state index contributed by atoms with van der Waals surface area (Å²) in [4.78, 5) is 11.7. The number of thioether (sulfide) groups is 1. The van der Waals surface area contributed by atoms with Crippen molar-refractivity contribution >= 4 is 27.7 Å². The van der Waals surface area contributed by atoms with Crippen LogP contribution in [0, 0.1) is 5.41 Å². The molecule has 2 aliphatic rings. The Morgan fingerprint density at radius 2 is 2.17 bits per heavy atom. The molecule has 1 N–H and O–H groups in total. The fourth-order valence-electron chi connectivity index (χ4n) is 2.71. The van der Waals surface area contributed by atoms with Gasteiger partial charge in [0.25, 0.3) is 0 Å². The van der Waals surface area contributed by atoms with E-state index in [9.17, 15) is 4.79 Å². The molecule has 2 fully saturated rings. The van der Waals surface area contributed by atoms with Crippen LogP contribution >= 0.6 is 27.7 Å². The number of aromatic nitrogens is 3. The lowest BCUT2D eigenvalue weighted by Gasteiger charge is -2.25. The molecule has 100 valence electrons. The van der Waals surface area contributed by atoms with Gasteiger partial charge in [-0.15, -0.1) is 5.10 Å². The first-order valence-corrected chi connectivity index (χ1v) is 8.70. The molecule has 2 saturated carbocycles. The summed E-state index contributed by atoms with van der Waals surface area (Å²) in [6, 6.07) is 0.405. The normalized spacial score (nSPS) is 22.5. The predicted octanol–water partition coefficient (Wildman–Crippen LogP) is 2.95. The standard InChI is InChI=1S/C12H18BrN3OS/c13-7-12(5-1-2-6-12)8-18-11-15-14-10(17)16(11)9-3-4-9/h9H,1-8H2,(H,14,17). The van der Waals surface area contributed by atoms with Crippen LogP contribution in [0.25, 0.3) is 0 Å². The van der Waals surface area contributed by atoms with Gasteiger partial charge in [-0.3, -0.25) is 4.57 Å². The number of alkyl halides is 1. The zero-order valence-electron chi connectivity index (χ0n) is 10.3. The quantitative estimate of drug-likeness (QED) is 0.666. The minimum absolute atomic E-state index is 0.0423. The predicted molar refractivity (Wildman–Crippen MR) is 76.5 cm³/mol. The molecule has 0 bridgehead atoms. The number of aromatic amines is 1. The third kappa shape index (κ3) is 2.41. The molecule has 4 nitrogen and oxygen atoms in total. The number of nitrogens with zero attached hydrogens (tertiary/aromatic N) is 2. The summed E-state index contributed by atoms with van der Waals surface area (Å²) in [6.07, 6.45) is 7.50. The first kappa shape index (κ1) is 12.8. The molecule has 1 heterocycles. The molecule has 0 saturated heterocycles. The molecule has 0 spiro atoms. The molecular weight excluding hydrogens is 314 g/mol. The molecule has 0 atom stereocenters. The van der Waals surface area contributed by atoms with Gasteiger partial charge in [-0.2, -0.15) is 0 Å². The van der Waals surface area contributed by atoms with Crippen LogP contribution in [-0.2, 0) is 0 Å². The van der Waals surface area contributed by atoms with Crippen molar-refractivity contribution in [1.82, 2.24) is 14.8 Å². The van der Waals surface area contributed by atoms with E-state index in [1.54, 1.807) is 11.8 Å². The average Bonchev–Trinajstić information content (AvgIpc) is 2.98. The Balaban J connectivity index is 1.71. The van der Waals surface area contributed by atoms with Crippen LogP contribution in [0.3, 0.4) is 0 Å². The maximum absolute atomic E-state index is 11.7. The molecule has 0 radical (unpaired) electrons. The first-order valence-electron chi connectivity index (χ1n) is 6.60. The third-order valence-electron chi connectivity index (χ3n) is 4.04. The van der Waals surface area contributed by atoms with Gasteiger partial charge in [0.1, 0.15) is 0 Å². The van der Waals surface area contributed by atoms with Gasteiger partial charge in [0.2, 0.25) is 0 Å². The fraction of sp³-hybridized carbons (Fsp3) is 0.833. The Hall–Kier alpha value is -0.230. The average molecular weight is 332 g/mol.